The van der Waals surface area contributed by atoms with Crippen molar-refractivity contribution in [3.8, 4) is 5.75 Å². The minimum Gasteiger partial charge on any atom is -0.489 e. The maximum absolute atomic E-state index is 13.1. The highest BCUT2D eigenvalue weighted by Gasteiger charge is 2.05. The molecule has 0 aromatic heterocycles. The second-order valence-corrected chi connectivity index (χ2v) is 3.95. The molecule has 102 valence electrons. The smallest absolute Gasteiger partial charge is 0.142 e. The van der Waals surface area contributed by atoms with E-state index in [-0.39, 0.29) is 5.82 Å². The van der Waals surface area contributed by atoms with Gasteiger partial charge in [0.1, 0.15) is 18.2 Å². The molecule has 0 fully saturated rings. The summed E-state index contributed by atoms with van der Waals surface area (Å²) < 4.78 is 28.8. The lowest BCUT2D eigenvalue weighted by Gasteiger charge is -2.10. The summed E-state index contributed by atoms with van der Waals surface area (Å²) in [7, 11) is 1.66. The van der Waals surface area contributed by atoms with Crippen LogP contribution >= 0.6 is 0 Å². The molecule has 0 aliphatic carbocycles. The van der Waals surface area contributed by atoms with Gasteiger partial charge in [-0.15, -0.1) is 0 Å². The maximum atomic E-state index is 13.1. The Balaban J connectivity index is 2.25. The van der Waals surface area contributed by atoms with E-state index in [1.165, 1.54) is 6.07 Å². The first-order chi connectivity index (χ1) is 8.65. The topological polar surface area (TPSA) is 53.7 Å². The molecular formula is C13H20FNO3. The van der Waals surface area contributed by atoms with E-state index in [0.717, 1.165) is 6.42 Å². The maximum Gasteiger partial charge on any atom is 0.142 e. The van der Waals surface area contributed by atoms with E-state index in [2.05, 4.69) is 0 Å². The van der Waals surface area contributed by atoms with Crippen molar-refractivity contribution < 1.29 is 18.6 Å². The predicted molar refractivity (Wildman–Crippen MR) is 68.4 cm³/mol. The lowest BCUT2D eigenvalue weighted by atomic mass is 10.2. The third-order valence-corrected chi connectivity index (χ3v) is 2.41. The first-order valence-electron chi connectivity index (χ1n) is 5.90. The van der Waals surface area contributed by atoms with Gasteiger partial charge < -0.3 is 19.9 Å². The molecule has 1 aromatic carbocycles. The number of rotatable bonds is 8. The second-order valence-electron chi connectivity index (χ2n) is 3.95. The van der Waals surface area contributed by atoms with Gasteiger partial charge in [0.05, 0.1) is 12.3 Å². The number of halogens is 1. The highest BCUT2D eigenvalue weighted by atomic mass is 19.1. The van der Waals surface area contributed by atoms with Crippen molar-refractivity contribution in [2.75, 3.05) is 39.3 Å². The Bertz CT molecular complexity index is 371. The van der Waals surface area contributed by atoms with Gasteiger partial charge >= 0.3 is 0 Å². The summed E-state index contributed by atoms with van der Waals surface area (Å²) >= 11 is 0. The number of ether oxygens (including phenoxy) is 3. The zero-order valence-corrected chi connectivity index (χ0v) is 10.9. The van der Waals surface area contributed by atoms with Crippen LogP contribution in [0.4, 0.5) is 10.1 Å². The molecule has 0 aliphatic heterocycles. The Morgan fingerprint density at radius 1 is 1.17 bits per heavy atom. The first kappa shape index (κ1) is 14.7. The minimum absolute atomic E-state index is 0.303. The molecule has 0 heterocycles. The van der Waals surface area contributed by atoms with Crippen LogP contribution in [0.3, 0.4) is 0 Å². The van der Waals surface area contributed by atoms with E-state index >= 15 is 0 Å². The van der Waals surface area contributed by atoms with Crippen LogP contribution in [0.25, 0.3) is 0 Å². The number of anilines is 1. The van der Waals surface area contributed by atoms with Crippen LogP contribution in [-0.4, -0.2) is 33.5 Å². The molecule has 0 saturated heterocycles. The summed E-state index contributed by atoms with van der Waals surface area (Å²) in [6.07, 6.45) is 0.855. The summed E-state index contributed by atoms with van der Waals surface area (Å²) in [5.74, 6) is 0.171. The van der Waals surface area contributed by atoms with Gasteiger partial charge in [-0.1, -0.05) is 0 Å². The number of nitrogens with two attached hydrogens (primary N) is 1. The average molecular weight is 257 g/mol. The van der Waals surface area contributed by atoms with Gasteiger partial charge in [0.25, 0.3) is 0 Å². The van der Waals surface area contributed by atoms with Crippen LogP contribution in [0.15, 0.2) is 12.1 Å². The largest absolute Gasteiger partial charge is 0.489 e. The molecule has 18 heavy (non-hydrogen) atoms. The van der Waals surface area contributed by atoms with Crippen molar-refractivity contribution in [2.24, 2.45) is 0 Å². The first-order valence-corrected chi connectivity index (χ1v) is 5.90. The van der Waals surface area contributed by atoms with E-state index in [0.29, 0.717) is 43.4 Å². The van der Waals surface area contributed by atoms with Gasteiger partial charge in [-0.25, -0.2) is 4.39 Å². The zero-order chi connectivity index (χ0) is 13.4. The molecule has 0 atom stereocenters. The SMILES string of the molecule is COCCCOCCOc1cc(C)c(F)cc1N. The van der Waals surface area contributed by atoms with Gasteiger partial charge in [0.2, 0.25) is 0 Å². The second kappa shape index (κ2) is 7.89. The van der Waals surface area contributed by atoms with Gasteiger partial charge in [0, 0.05) is 26.4 Å². The van der Waals surface area contributed by atoms with Crippen molar-refractivity contribution >= 4 is 5.69 Å². The zero-order valence-electron chi connectivity index (χ0n) is 10.9. The fourth-order valence-corrected chi connectivity index (χ4v) is 1.41. The number of hydrogen-bond donors (Lipinski definition) is 1. The van der Waals surface area contributed by atoms with Crippen LogP contribution in [0.5, 0.6) is 5.75 Å². The van der Waals surface area contributed by atoms with Crippen LogP contribution in [-0.2, 0) is 9.47 Å². The number of hydrogen-bond acceptors (Lipinski definition) is 4. The Labute approximate surface area is 107 Å². The fourth-order valence-electron chi connectivity index (χ4n) is 1.41. The van der Waals surface area contributed by atoms with Crippen molar-refractivity contribution in [3.05, 3.63) is 23.5 Å². The monoisotopic (exact) mass is 257 g/mol. The fraction of sp³-hybridized carbons (Fsp3) is 0.538. The Morgan fingerprint density at radius 3 is 2.67 bits per heavy atom. The summed E-state index contributed by atoms with van der Waals surface area (Å²) in [4.78, 5) is 0. The van der Waals surface area contributed by atoms with E-state index in [9.17, 15) is 4.39 Å². The Hall–Kier alpha value is -1.33. The molecule has 0 radical (unpaired) electrons. The van der Waals surface area contributed by atoms with Crippen LogP contribution in [0.1, 0.15) is 12.0 Å². The molecular weight excluding hydrogens is 237 g/mol. The molecule has 0 spiro atoms. The number of nitrogen functional groups attached to an aromatic ring is 1. The van der Waals surface area contributed by atoms with Crippen LogP contribution in [0.2, 0.25) is 0 Å². The lowest BCUT2D eigenvalue weighted by Crippen LogP contribution is -2.09. The molecule has 1 rings (SSSR count). The third kappa shape index (κ3) is 4.89. The molecule has 0 unspecified atom stereocenters. The molecule has 0 aliphatic rings. The number of methoxy groups -OCH3 is 1. The van der Waals surface area contributed by atoms with Crippen molar-refractivity contribution in [2.45, 2.75) is 13.3 Å². The van der Waals surface area contributed by atoms with E-state index in [1.807, 2.05) is 0 Å². The molecule has 0 amide bonds. The lowest BCUT2D eigenvalue weighted by molar-refractivity contribution is 0.0808. The van der Waals surface area contributed by atoms with Gasteiger partial charge in [-0.05, 0) is 25.0 Å². The van der Waals surface area contributed by atoms with E-state index < -0.39 is 0 Å². The number of benzene rings is 1. The highest BCUT2D eigenvalue weighted by Crippen LogP contribution is 2.24. The molecule has 0 saturated carbocycles. The van der Waals surface area contributed by atoms with Crippen LogP contribution < -0.4 is 10.5 Å². The summed E-state index contributed by atoms with van der Waals surface area (Å²) in [5.41, 5.74) is 6.47. The predicted octanol–water partition coefficient (Wildman–Crippen LogP) is 2.15. The van der Waals surface area contributed by atoms with Crippen molar-refractivity contribution in [3.63, 3.8) is 0 Å². The van der Waals surface area contributed by atoms with Crippen molar-refractivity contribution in [1.29, 1.82) is 0 Å². The highest BCUT2D eigenvalue weighted by molar-refractivity contribution is 5.54. The van der Waals surface area contributed by atoms with Crippen molar-refractivity contribution in [1.82, 2.24) is 0 Å². The van der Waals surface area contributed by atoms with Gasteiger partial charge in [-0.2, -0.15) is 0 Å². The molecule has 5 heteroatoms. The van der Waals surface area contributed by atoms with E-state index in [4.69, 9.17) is 19.9 Å². The summed E-state index contributed by atoms with van der Waals surface area (Å²) in [5, 5.41) is 0. The summed E-state index contributed by atoms with van der Waals surface area (Å²) in [6, 6.07) is 2.86. The van der Waals surface area contributed by atoms with E-state index in [1.54, 1.807) is 20.1 Å². The number of aryl methyl sites for hydroxylation is 1. The molecule has 2 N–H and O–H groups in total. The normalized spacial score (nSPS) is 10.6. The average Bonchev–Trinajstić information content (AvgIpc) is 2.34. The van der Waals surface area contributed by atoms with Gasteiger partial charge in [0.15, 0.2) is 0 Å². The van der Waals surface area contributed by atoms with Gasteiger partial charge in [-0.3, -0.25) is 0 Å². The van der Waals surface area contributed by atoms with Crippen LogP contribution in [0, 0.1) is 12.7 Å². The Morgan fingerprint density at radius 2 is 1.94 bits per heavy atom. The minimum atomic E-state index is -0.323. The molecule has 0 bridgehead atoms. The standard InChI is InChI=1S/C13H20FNO3/c1-10-8-13(12(15)9-11(10)14)18-7-6-17-5-3-4-16-2/h8-9H,3-7,15H2,1-2H3. The molecule has 1 aromatic rings. The third-order valence-electron chi connectivity index (χ3n) is 2.41. The quantitative estimate of drug-likeness (QED) is 0.572. The Kier molecular flexibility index (Phi) is 6.46. The molecule has 4 nitrogen and oxygen atoms in total. The summed E-state index contributed by atoms with van der Waals surface area (Å²) in [6.45, 7) is 3.85.